The Hall–Kier alpha value is -2.02. The van der Waals surface area contributed by atoms with E-state index in [1.54, 1.807) is 22.5 Å². The summed E-state index contributed by atoms with van der Waals surface area (Å²) in [6.07, 6.45) is 0. The SMILES string of the molecule is CCOc1cccc(-c2nnc3n2N=C(c2ccc(Cl)c(Cl)c2)CS3)c1. The van der Waals surface area contributed by atoms with Crippen molar-refractivity contribution >= 4 is 40.7 Å². The normalized spacial score (nSPS) is 13.3. The van der Waals surface area contributed by atoms with E-state index in [2.05, 4.69) is 10.2 Å². The van der Waals surface area contributed by atoms with Crippen LogP contribution in [0.2, 0.25) is 10.0 Å². The van der Waals surface area contributed by atoms with E-state index in [1.165, 1.54) is 0 Å². The second-order valence-corrected chi connectivity index (χ2v) is 7.30. The minimum atomic E-state index is 0.510. The van der Waals surface area contributed by atoms with Gasteiger partial charge in [0.05, 0.1) is 22.4 Å². The summed E-state index contributed by atoms with van der Waals surface area (Å²) in [4.78, 5) is 0. The molecule has 26 heavy (non-hydrogen) atoms. The van der Waals surface area contributed by atoms with Crippen LogP contribution in [0.5, 0.6) is 5.75 Å². The predicted octanol–water partition coefficient (Wildman–Crippen LogP) is 5.01. The molecule has 0 radical (unpaired) electrons. The van der Waals surface area contributed by atoms with Gasteiger partial charge in [0.25, 0.3) is 0 Å². The number of fused-ring (bicyclic) bond motifs is 1. The molecule has 0 saturated carbocycles. The Balaban J connectivity index is 1.75. The van der Waals surface area contributed by atoms with Crippen molar-refractivity contribution in [1.29, 1.82) is 0 Å². The van der Waals surface area contributed by atoms with Crippen LogP contribution in [0.25, 0.3) is 11.4 Å². The zero-order valence-corrected chi connectivity index (χ0v) is 16.1. The van der Waals surface area contributed by atoms with Crippen molar-refractivity contribution in [2.75, 3.05) is 12.4 Å². The number of halogens is 2. The van der Waals surface area contributed by atoms with Crippen molar-refractivity contribution in [1.82, 2.24) is 14.9 Å². The fourth-order valence-corrected chi connectivity index (χ4v) is 3.75. The monoisotopic (exact) mass is 404 g/mol. The highest BCUT2D eigenvalue weighted by molar-refractivity contribution is 7.99. The smallest absolute Gasteiger partial charge is 0.212 e. The van der Waals surface area contributed by atoms with E-state index in [9.17, 15) is 0 Å². The first-order valence-electron chi connectivity index (χ1n) is 8.00. The van der Waals surface area contributed by atoms with Gasteiger partial charge < -0.3 is 4.74 Å². The molecular formula is C18H14Cl2N4OS. The molecular weight excluding hydrogens is 391 g/mol. The quantitative estimate of drug-likeness (QED) is 0.613. The number of ether oxygens (including phenoxy) is 1. The third-order valence-corrected chi connectivity index (χ3v) is 5.50. The second-order valence-electron chi connectivity index (χ2n) is 5.54. The van der Waals surface area contributed by atoms with E-state index in [0.29, 0.717) is 28.2 Å². The molecule has 1 aromatic heterocycles. The summed E-state index contributed by atoms with van der Waals surface area (Å²) in [6.45, 7) is 2.56. The first-order valence-corrected chi connectivity index (χ1v) is 9.74. The molecule has 1 aliphatic rings. The van der Waals surface area contributed by atoms with Crippen LogP contribution >= 0.6 is 35.0 Å². The standard InChI is InChI=1S/C18H14Cl2N4OS/c1-2-25-13-5-3-4-12(8-13)17-21-22-18-24(17)23-16(10-26-18)11-6-7-14(19)15(20)9-11/h3-9H,2,10H2,1H3. The van der Waals surface area contributed by atoms with Gasteiger partial charge in [0.15, 0.2) is 5.82 Å². The van der Waals surface area contributed by atoms with Crippen molar-refractivity contribution in [3.05, 3.63) is 58.1 Å². The molecule has 132 valence electrons. The maximum Gasteiger partial charge on any atom is 0.212 e. The molecule has 8 heteroatoms. The maximum atomic E-state index is 6.15. The molecule has 0 N–H and O–H groups in total. The van der Waals surface area contributed by atoms with Crippen molar-refractivity contribution < 1.29 is 4.74 Å². The van der Waals surface area contributed by atoms with Crippen molar-refractivity contribution in [2.45, 2.75) is 12.1 Å². The Morgan fingerprint density at radius 1 is 1.08 bits per heavy atom. The van der Waals surface area contributed by atoms with E-state index in [4.69, 9.17) is 33.0 Å². The molecule has 0 aliphatic carbocycles. The molecule has 5 nitrogen and oxygen atoms in total. The lowest BCUT2D eigenvalue weighted by atomic mass is 10.1. The molecule has 0 atom stereocenters. The summed E-state index contributed by atoms with van der Waals surface area (Å²) in [5.74, 6) is 2.15. The third-order valence-electron chi connectivity index (χ3n) is 3.83. The Morgan fingerprint density at radius 2 is 1.96 bits per heavy atom. The van der Waals surface area contributed by atoms with E-state index < -0.39 is 0 Å². The van der Waals surface area contributed by atoms with Gasteiger partial charge in [-0.15, -0.1) is 10.2 Å². The number of hydrogen-bond donors (Lipinski definition) is 0. The van der Waals surface area contributed by atoms with Crippen LogP contribution in [0.1, 0.15) is 12.5 Å². The van der Waals surface area contributed by atoms with E-state index in [1.807, 2.05) is 43.3 Å². The molecule has 0 spiro atoms. The second kappa shape index (κ2) is 7.31. The lowest BCUT2D eigenvalue weighted by Gasteiger charge is -2.14. The van der Waals surface area contributed by atoms with Crippen molar-refractivity contribution in [3.63, 3.8) is 0 Å². The van der Waals surface area contributed by atoms with E-state index in [-0.39, 0.29) is 0 Å². The first kappa shape index (κ1) is 17.4. The fraction of sp³-hybridized carbons (Fsp3) is 0.167. The Labute approximate surface area is 165 Å². The average Bonchev–Trinajstić information content (AvgIpc) is 3.08. The zero-order valence-electron chi connectivity index (χ0n) is 13.8. The summed E-state index contributed by atoms with van der Waals surface area (Å²) >= 11 is 13.7. The lowest BCUT2D eigenvalue weighted by Crippen LogP contribution is -2.13. The molecule has 0 saturated heterocycles. The number of aromatic nitrogens is 3. The summed E-state index contributed by atoms with van der Waals surface area (Å²) in [7, 11) is 0. The molecule has 0 amide bonds. The summed E-state index contributed by atoms with van der Waals surface area (Å²) in [5, 5.41) is 15.1. The summed E-state index contributed by atoms with van der Waals surface area (Å²) in [6, 6.07) is 13.3. The van der Waals surface area contributed by atoms with Crippen LogP contribution in [0.4, 0.5) is 0 Å². The molecule has 2 heterocycles. The van der Waals surface area contributed by atoms with Gasteiger partial charge in [-0.3, -0.25) is 0 Å². The highest BCUT2D eigenvalue weighted by Crippen LogP contribution is 2.31. The minimum absolute atomic E-state index is 0.510. The van der Waals surface area contributed by atoms with Crippen LogP contribution in [-0.2, 0) is 0 Å². The molecule has 0 unspecified atom stereocenters. The van der Waals surface area contributed by atoms with E-state index in [0.717, 1.165) is 27.7 Å². The topological polar surface area (TPSA) is 52.3 Å². The number of hydrogen-bond acceptors (Lipinski definition) is 5. The van der Waals surface area contributed by atoms with Crippen LogP contribution in [0, 0.1) is 0 Å². The Kier molecular flexibility index (Phi) is 4.89. The predicted molar refractivity (Wildman–Crippen MR) is 106 cm³/mol. The maximum absolute atomic E-state index is 6.15. The molecule has 0 fully saturated rings. The number of nitrogens with zero attached hydrogens (tertiary/aromatic N) is 4. The number of rotatable bonds is 4. The van der Waals surface area contributed by atoms with Gasteiger partial charge in [-0.05, 0) is 31.2 Å². The van der Waals surface area contributed by atoms with Gasteiger partial charge in [0, 0.05) is 16.9 Å². The van der Waals surface area contributed by atoms with Crippen molar-refractivity contribution in [2.24, 2.45) is 5.10 Å². The van der Waals surface area contributed by atoms with Crippen LogP contribution in [0.15, 0.2) is 52.7 Å². The van der Waals surface area contributed by atoms with Gasteiger partial charge in [-0.2, -0.15) is 9.78 Å². The Morgan fingerprint density at radius 3 is 2.77 bits per heavy atom. The third kappa shape index (κ3) is 3.32. The van der Waals surface area contributed by atoms with Crippen LogP contribution in [0.3, 0.4) is 0 Å². The molecule has 4 rings (SSSR count). The number of benzene rings is 2. The van der Waals surface area contributed by atoms with E-state index >= 15 is 0 Å². The molecule has 1 aliphatic heterocycles. The highest BCUT2D eigenvalue weighted by Gasteiger charge is 2.21. The van der Waals surface area contributed by atoms with Crippen molar-refractivity contribution in [3.8, 4) is 17.1 Å². The lowest BCUT2D eigenvalue weighted by molar-refractivity contribution is 0.340. The average molecular weight is 405 g/mol. The first-order chi connectivity index (χ1) is 12.7. The zero-order chi connectivity index (χ0) is 18.1. The number of thioether (sulfide) groups is 1. The summed E-state index contributed by atoms with van der Waals surface area (Å²) in [5.41, 5.74) is 2.72. The van der Waals surface area contributed by atoms with Gasteiger partial charge in [-0.1, -0.05) is 53.2 Å². The van der Waals surface area contributed by atoms with Crippen LogP contribution < -0.4 is 4.74 Å². The molecule has 2 aromatic carbocycles. The van der Waals surface area contributed by atoms with Gasteiger partial charge in [0.1, 0.15) is 5.75 Å². The molecule has 3 aromatic rings. The Bertz CT molecular complexity index is 1000. The largest absolute Gasteiger partial charge is 0.494 e. The van der Waals surface area contributed by atoms with Gasteiger partial charge >= 0.3 is 0 Å². The fourth-order valence-electron chi connectivity index (χ4n) is 2.62. The van der Waals surface area contributed by atoms with Crippen LogP contribution in [-0.4, -0.2) is 32.9 Å². The van der Waals surface area contributed by atoms with Gasteiger partial charge in [0.2, 0.25) is 5.16 Å². The minimum Gasteiger partial charge on any atom is -0.494 e. The summed E-state index contributed by atoms with van der Waals surface area (Å²) < 4.78 is 7.34. The highest BCUT2D eigenvalue weighted by atomic mass is 35.5. The van der Waals surface area contributed by atoms with Gasteiger partial charge in [-0.25, -0.2) is 0 Å². The molecule has 0 bridgehead atoms.